The van der Waals surface area contributed by atoms with Crippen molar-refractivity contribution >= 4 is 9.84 Å². The van der Waals surface area contributed by atoms with E-state index >= 15 is 0 Å². The number of alkyl halides is 2. The van der Waals surface area contributed by atoms with Crippen molar-refractivity contribution in [1.82, 2.24) is 5.32 Å². The van der Waals surface area contributed by atoms with Gasteiger partial charge in [0.15, 0.2) is 0 Å². The van der Waals surface area contributed by atoms with Crippen molar-refractivity contribution in [2.24, 2.45) is 0 Å². The van der Waals surface area contributed by atoms with Gasteiger partial charge in [0.05, 0.1) is 5.75 Å². The number of benzene rings is 1. The van der Waals surface area contributed by atoms with E-state index in [1.165, 1.54) is 18.4 Å². The molecule has 1 aromatic rings. The van der Waals surface area contributed by atoms with E-state index in [4.69, 9.17) is 0 Å². The summed E-state index contributed by atoms with van der Waals surface area (Å²) in [5.41, 5.74) is 0.753. The van der Waals surface area contributed by atoms with Gasteiger partial charge in [-0.3, -0.25) is 0 Å². The fraction of sp³-hybridized carbons (Fsp3) is 0.538. The van der Waals surface area contributed by atoms with Crippen LogP contribution in [0, 0.1) is 0 Å². The van der Waals surface area contributed by atoms with Crippen molar-refractivity contribution in [1.29, 1.82) is 0 Å². The van der Waals surface area contributed by atoms with Crippen LogP contribution in [0.15, 0.2) is 24.3 Å². The number of halogens is 2. The Morgan fingerprint density at radius 3 is 2.50 bits per heavy atom. The molecule has 0 saturated carbocycles. The number of nitrogens with one attached hydrogen (secondary N) is 1. The molecule has 0 aromatic heterocycles. The Hall–Kier alpha value is -1.21. The fourth-order valence-corrected chi connectivity index (χ4v) is 2.99. The van der Waals surface area contributed by atoms with Gasteiger partial charge >= 0.3 is 6.61 Å². The van der Waals surface area contributed by atoms with Crippen molar-refractivity contribution in [3.63, 3.8) is 0 Å². The molecule has 7 heteroatoms. The Bertz CT molecular complexity index is 534. The fourth-order valence-electron chi connectivity index (χ4n) is 1.99. The number of rotatable bonds is 7. The van der Waals surface area contributed by atoms with Crippen LogP contribution in [0.1, 0.15) is 25.5 Å². The van der Waals surface area contributed by atoms with Crippen LogP contribution >= 0.6 is 0 Å². The summed E-state index contributed by atoms with van der Waals surface area (Å²) in [5, 5.41) is 3.11. The Balaban J connectivity index is 2.69. The molecular formula is C13H19F2NO3S. The summed E-state index contributed by atoms with van der Waals surface area (Å²) >= 11 is 0. The van der Waals surface area contributed by atoms with E-state index in [1.54, 1.807) is 19.1 Å². The summed E-state index contributed by atoms with van der Waals surface area (Å²) in [6.07, 6.45) is 1.17. The lowest BCUT2D eigenvalue weighted by molar-refractivity contribution is -0.0499. The minimum atomic E-state index is -3.06. The number of hydrogen-bond acceptors (Lipinski definition) is 4. The second kappa shape index (κ2) is 6.99. The van der Waals surface area contributed by atoms with E-state index in [0.717, 1.165) is 5.56 Å². The van der Waals surface area contributed by atoms with Gasteiger partial charge in [0.1, 0.15) is 15.6 Å². The van der Waals surface area contributed by atoms with Gasteiger partial charge in [-0.1, -0.05) is 12.1 Å². The first-order valence-corrected chi connectivity index (χ1v) is 8.22. The largest absolute Gasteiger partial charge is 0.435 e. The molecule has 0 saturated heterocycles. The quantitative estimate of drug-likeness (QED) is 0.840. The molecule has 0 aliphatic heterocycles. The van der Waals surface area contributed by atoms with E-state index in [2.05, 4.69) is 10.1 Å². The Labute approximate surface area is 118 Å². The monoisotopic (exact) mass is 307 g/mol. The number of sulfone groups is 1. The first-order chi connectivity index (χ1) is 9.17. The van der Waals surface area contributed by atoms with Crippen LogP contribution < -0.4 is 10.1 Å². The molecule has 2 unspecified atom stereocenters. The maximum Gasteiger partial charge on any atom is 0.387 e. The third kappa shape index (κ3) is 6.29. The van der Waals surface area contributed by atoms with Gasteiger partial charge < -0.3 is 10.1 Å². The molecule has 1 N–H and O–H groups in total. The molecule has 4 nitrogen and oxygen atoms in total. The highest BCUT2D eigenvalue weighted by molar-refractivity contribution is 7.90. The molecule has 1 aromatic carbocycles. The summed E-state index contributed by atoms with van der Waals surface area (Å²) in [7, 11) is -3.06. The lowest BCUT2D eigenvalue weighted by Gasteiger charge is -2.20. The Morgan fingerprint density at radius 2 is 1.95 bits per heavy atom. The lowest BCUT2D eigenvalue weighted by Crippen LogP contribution is -2.34. The minimum Gasteiger partial charge on any atom is -0.435 e. The van der Waals surface area contributed by atoms with E-state index < -0.39 is 16.4 Å². The average molecular weight is 307 g/mol. The van der Waals surface area contributed by atoms with Crippen molar-refractivity contribution in [2.45, 2.75) is 32.5 Å². The van der Waals surface area contributed by atoms with Crippen LogP contribution in [-0.2, 0) is 9.84 Å². The highest BCUT2D eigenvalue weighted by atomic mass is 32.2. The van der Waals surface area contributed by atoms with Crippen molar-refractivity contribution in [2.75, 3.05) is 12.0 Å². The highest BCUT2D eigenvalue weighted by Gasteiger charge is 2.15. The molecule has 0 aliphatic carbocycles. The lowest BCUT2D eigenvalue weighted by atomic mass is 10.1. The van der Waals surface area contributed by atoms with E-state index in [9.17, 15) is 17.2 Å². The average Bonchev–Trinajstić information content (AvgIpc) is 2.25. The number of ether oxygens (including phenoxy) is 1. The summed E-state index contributed by atoms with van der Waals surface area (Å²) in [6, 6.07) is 5.93. The predicted octanol–water partition coefficient (Wildman–Crippen LogP) is 2.37. The first kappa shape index (κ1) is 16.8. The van der Waals surface area contributed by atoms with Gasteiger partial charge in [0.25, 0.3) is 0 Å². The molecule has 0 radical (unpaired) electrons. The van der Waals surface area contributed by atoms with Gasteiger partial charge in [0.2, 0.25) is 0 Å². The van der Waals surface area contributed by atoms with Crippen LogP contribution in [0.5, 0.6) is 5.75 Å². The molecule has 2 atom stereocenters. The third-order valence-corrected chi connectivity index (χ3v) is 3.78. The van der Waals surface area contributed by atoms with Crippen LogP contribution in [-0.4, -0.2) is 33.1 Å². The molecule has 0 bridgehead atoms. The van der Waals surface area contributed by atoms with E-state index in [0.29, 0.717) is 0 Å². The van der Waals surface area contributed by atoms with Crippen LogP contribution in [0.2, 0.25) is 0 Å². The topological polar surface area (TPSA) is 55.4 Å². The molecule has 20 heavy (non-hydrogen) atoms. The zero-order valence-corrected chi connectivity index (χ0v) is 12.5. The summed E-state index contributed by atoms with van der Waals surface area (Å²) in [5.74, 6) is 0.104. The maximum atomic E-state index is 12.1. The zero-order valence-electron chi connectivity index (χ0n) is 11.6. The zero-order chi connectivity index (χ0) is 15.3. The Morgan fingerprint density at radius 1 is 1.30 bits per heavy atom. The van der Waals surface area contributed by atoms with Gasteiger partial charge in [0, 0.05) is 18.3 Å². The summed E-state index contributed by atoms with van der Waals surface area (Å²) in [4.78, 5) is 0. The van der Waals surface area contributed by atoms with Crippen LogP contribution in [0.4, 0.5) is 8.78 Å². The van der Waals surface area contributed by atoms with Crippen molar-refractivity contribution in [3.8, 4) is 5.75 Å². The van der Waals surface area contributed by atoms with Crippen LogP contribution in [0.25, 0.3) is 0 Å². The third-order valence-electron chi connectivity index (χ3n) is 2.67. The van der Waals surface area contributed by atoms with E-state index in [1.807, 2.05) is 6.92 Å². The standard InChI is InChI=1S/C13H19F2NO3S/c1-9(8-20(3,17)18)16-10(2)11-5-4-6-12(7-11)19-13(14)15/h4-7,9-10,13,16H,8H2,1-3H3. The second-order valence-corrected chi connectivity index (χ2v) is 7.02. The molecule has 0 aliphatic rings. The molecule has 0 fully saturated rings. The summed E-state index contributed by atoms with van der Waals surface area (Å²) in [6.45, 7) is 0.731. The van der Waals surface area contributed by atoms with Crippen LogP contribution in [0.3, 0.4) is 0 Å². The van der Waals surface area contributed by atoms with Crippen molar-refractivity contribution in [3.05, 3.63) is 29.8 Å². The smallest absolute Gasteiger partial charge is 0.387 e. The second-order valence-electron chi connectivity index (χ2n) is 4.83. The van der Waals surface area contributed by atoms with Gasteiger partial charge in [-0.15, -0.1) is 0 Å². The molecular weight excluding hydrogens is 288 g/mol. The minimum absolute atomic E-state index is 0.0184. The van der Waals surface area contributed by atoms with Gasteiger partial charge in [-0.2, -0.15) is 8.78 Å². The maximum absolute atomic E-state index is 12.1. The first-order valence-electron chi connectivity index (χ1n) is 6.16. The summed E-state index contributed by atoms with van der Waals surface area (Å²) < 4.78 is 51.0. The number of hydrogen-bond donors (Lipinski definition) is 1. The van der Waals surface area contributed by atoms with Crippen molar-refractivity contribution < 1.29 is 21.9 Å². The molecule has 1 rings (SSSR count). The van der Waals surface area contributed by atoms with E-state index in [-0.39, 0.29) is 23.6 Å². The normalized spacial score (nSPS) is 15.1. The Kier molecular flexibility index (Phi) is 5.88. The van der Waals surface area contributed by atoms with Gasteiger partial charge in [-0.05, 0) is 31.5 Å². The molecule has 0 spiro atoms. The molecule has 114 valence electrons. The highest BCUT2D eigenvalue weighted by Crippen LogP contribution is 2.21. The van der Waals surface area contributed by atoms with Gasteiger partial charge in [-0.25, -0.2) is 8.42 Å². The molecule has 0 amide bonds. The SMILES string of the molecule is CC(CS(C)(=O)=O)NC(C)c1cccc(OC(F)F)c1. The predicted molar refractivity (Wildman–Crippen MR) is 73.8 cm³/mol. The molecule has 0 heterocycles.